The first-order chi connectivity index (χ1) is 9.36. The van der Waals surface area contributed by atoms with E-state index in [-0.39, 0.29) is 22.6 Å². The zero-order valence-electron chi connectivity index (χ0n) is 12.0. The molecule has 1 amide bonds. The largest absolute Gasteiger partial charge is 0.465 e. The first-order valence-electron chi connectivity index (χ1n) is 6.68. The highest BCUT2D eigenvalue weighted by atomic mass is 32.2. The van der Waals surface area contributed by atoms with Crippen molar-refractivity contribution in [3.63, 3.8) is 0 Å². The lowest BCUT2D eigenvalue weighted by atomic mass is 10.0. The molecule has 1 saturated heterocycles. The van der Waals surface area contributed by atoms with Crippen molar-refractivity contribution in [2.24, 2.45) is 0 Å². The van der Waals surface area contributed by atoms with Gasteiger partial charge in [-0.3, -0.25) is 4.90 Å². The normalized spacial score (nSPS) is 23.1. The van der Waals surface area contributed by atoms with Gasteiger partial charge in [0, 0.05) is 10.8 Å². The molecule has 0 aromatic heterocycles. The average molecular weight is 297 g/mol. The van der Waals surface area contributed by atoms with Gasteiger partial charge in [-0.05, 0) is 50.6 Å². The quantitative estimate of drug-likeness (QED) is 0.911. The highest BCUT2D eigenvalue weighted by Crippen LogP contribution is 2.44. The number of nitrogens with zero attached hydrogens (tertiary/aromatic N) is 1. The lowest BCUT2D eigenvalue weighted by molar-refractivity contribution is 0.114. The molecule has 1 aromatic carbocycles. The van der Waals surface area contributed by atoms with Crippen LogP contribution in [0.1, 0.15) is 38.3 Å². The number of likely N-dealkylation sites (tertiary alicyclic amines) is 1. The van der Waals surface area contributed by atoms with Crippen molar-refractivity contribution in [3.05, 3.63) is 35.6 Å². The molecule has 0 spiro atoms. The molecule has 110 valence electrons. The Morgan fingerprint density at radius 1 is 1.45 bits per heavy atom. The second-order valence-electron chi connectivity index (χ2n) is 5.66. The number of amides is 1. The van der Waals surface area contributed by atoms with Crippen LogP contribution in [0, 0.1) is 5.82 Å². The lowest BCUT2D eigenvalue weighted by Crippen LogP contribution is -2.46. The van der Waals surface area contributed by atoms with E-state index < -0.39 is 6.09 Å². The van der Waals surface area contributed by atoms with Gasteiger partial charge < -0.3 is 5.11 Å². The maximum absolute atomic E-state index is 13.4. The van der Waals surface area contributed by atoms with Crippen molar-refractivity contribution in [1.29, 1.82) is 0 Å². The molecule has 0 saturated carbocycles. The van der Waals surface area contributed by atoms with E-state index in [1.165, 1.54) is 17.0 Å². The summed E-state index contributed by atoms with van der Waals surface area (Å²) in [6.07, 6.45) is 2.62. The summed E-state index contributed by atoms with van der Waals surface area (Å²) in [5.74, 6) is -0.319. The third kappa shape index (κ3) is 2.77. The number of hydrogen-bond donors (Lipinski definition) is 1. The Bertz CT molecular complexity index is 506. The molecular formula is C15H20FNO2S. The van der Waals surface area contributed by atoms with Crippen molar-refractivity contribution < 1.29 is 14.3 Å². The van der Waals surface area contributed by atoms with Crippen molar-refractivity contribution in [2.75, 3.05) is 6.26 Å². The maximum atomic E-state index is 13.4. The molecule has 3 nitrogen and oxygen atoms in total. The predicted molar refractivity (Wildman–Crippen MR) is 79.6 cm³/mol. The molecule has 2 rings (SSSR count). The predicted octanol–water partition coefficient (Wildman–Crippen LogP) is 4.15. The highest BCUT2D eigenvalue weighted by Gasteiger charge is 2.45. The fourth-order valence-electron chi connectivity index (χ4n) is 2.94. The Morgan fingerprint density at radius 2 is 2.15 bits per heavy atom. The highest BCUT2D eigenvalue weighted by molar-refractivity contribution is 8.00. The van der Waals surface area contributed by atoms with E-state index in [2.05, 4.69) is 13.8 Å². The fraction of sp³-hybridized carbons (Fsp3) is 0.533. The monoisotopic (exact) mass is 297 g/mol. The summed E-state index contributed by atoms with van der Waals surface area (Å²) in [7, 11) is 0. The summed E-state index contributed by atoms with van der Waals surface area (Å²) in [5.41, 5.74) is 0.742. The minimum Gasteiger partial charge on any atom is -0.465 e. The molecule has 1 aromatic rings. The summed E-state index contributed by atoms with van der Waals surface area (Å²) in [6.45, 7) is 4.12. The molecule has 1 aliphatic heterocycles. The van der Waals surface area contributed by atoms with Crippen molar-refractivity contribution in [2.45, 2.75) is 43.5 Å². The summed E-state index contributed by atoms with van der Waals surface area (Å²) in [5, 5.41) is 9.57. The van der Waals surface area contributed by atoms with Gasteiger partial charge in [0.25, 0.3) is 0 Å². The molecule has 0 aliphatic carbocycles. The molecule has 0 unspecified atom stereocenters. The number of thioether (sulfide) groups is 1. The van der Waals surface area contributed by atoms with Crippen LogP contribution >= 0.6 is 11.8 Å². The standard InChI is InChI=1S/C15H20FNO2S/c1-15(2,20-3)13-8-7-12(17(13)14(18)19)10-5-4-6-11(16)9-10/h4-6,9,12-13H,7-8H2,1-3H3,(H,18,19)/t12-,13+/m0/s1. The van der Waals surface area contributed by atoms with Gasteiger partial charge >= 0.3 is 6.09 Å². The van der Waals surface area contributed by atoms with Crippen LogP contribution < -0.4 is 0 Å². The summed E-state index contributed by atoms with van der Waals surface area (Å²) in [6, 6.07) is 5.96. The lowest BCUT2D eigenvalue weighted by Gasteiger charge is -2.37. The maximum Gasteiger partial charge on any atom is 0.408 e. The first kappa shape index (κ1) is 15.2. The van der Waals surface area contributed by atoms with Crippen LogP contribution in [-0.2, 0) is 0 Å². The minimum atomic E-state index is -0.927. The third-order valence-electron chi connectivity index (χ3n) is 4.17. The molecule has 1 N–H and O–H groups in total. The van der Waals surface area contributed by atoms with Gasteiger partial charge in [0.2, 0.25) is 0 Å². The number of benzene rings is 1. The zero-order chi connectivity index (χ0) is 14.9. The van der Waals surface area contributed by atoms with Crippen LogP contribution in [0.3, 0.4) is 0 Å². The Kier molecular flexibility index (Phi) is 4.28. The third-order valence-corrected chi connectivity index (χ3v) is 5.49. The van der Waals surface area contributed by atoms with Crippen LogP contribution in [-0.4, -0.2) is 33.1 Å². The second-order valence-corrected chi connectivity index (χ2v) is 7.12. The molecule has 20 heavy (non-hydrogen) atoms. The van der Waals surface area contributed by atoms with E-state index in [0.717, 1.165) is 18.4 Å². The number of rotatable bonds is 3. The molecule has 2 atom stereocenters. The summed E-state index contributed by atoms with van der Waals surface area (Å²) < 4.78 is 13.2. The number of hydrogen-bond acceptors (Lipinski definition) is 2. The topological polar surface area (TPSA) is 40.5 Å². The molecule has 0 radical (unpaired) electrons. The summed E-state index contributed by atoms with van der Waals surface area (Å²) >= 11 is 1.67. The minimum absolute atomic E-state index is 0.0525. The van der Waals surface area contributed by atoms with Crippen LogP contribution in [0.2, 0.25) is 0 Å². The van der Waals surface area contributed by atoms with Crippen molar-refractivity contribution >= 4 is 17.9 Å². The van der Waals surface area contributed by atoms with E-state index in [1.807, 2.05) is 6.26 Å². The molecule has 1 aliphatic rings. The molecule has 1 heterocycles. The van der Waals surface area contributed by atoms with E-state index in [4.69, 9.17) is 0 Å². The second kappa shape index (κ2) is 5.64. The van der Waals surface area contributed by atoms with E-state index in [0.29, 0.717) is 0 Å². The molecule has 5 heteroatoms. The van der Waals surface area contributed by atoms with Gasteiger partial charge in [-0.1, -0.05) is 12.1 Å². The first-order valence-corrected chi connectivity index (χ1v) is 7.91. The van der Waals surface area contributed by atoms with Crippen LogP contribution in [0.15, 0.2) is 24.3 Å². The van der Waals surface area contributed by atoms with Crippen LogP contribution in [0.5, 0.6) is 0 Å². The SMILES string of the molecule is CSC(C)(C)[C@H]1CC[C@@H](c2cccc(F)c2)N1C(=O)O. The van der Waals surface area contributed by atoms with Gasteiger partial charge in [-0.2, -0.15) is 11.8 Å². The van der Waals surface area contributed by atoms with E-state index in [1.54, 1.807) is 23.9 Å². The van der Waals surface area contributed by atoms with Crippen LogP contribution in [0.4, 0.5) is 9.18 Å². The van der Waals surface area contributed by atoms with Gasteiger partial charge in [0.1, 0.15) is 5.82 Å². The van der Waals surface area contributed by atoms with Gasteiger partial charge in [0.05, 0.1) is 6.04 Å². The van der Waals surface area contributed by atoms with E-state index >= 15 is 0 Å². The van der Waals surface area contributed by atoms with Crippen molar-refractivity contribution in [1.82, 2.24) is 4.90 Å². The summed E-state index contributed by atoms with van der Waals surface area (Å²) in [4.78, 5) is 13.2. The average Bonchev–Trinajstić information content (AvgIpc) is 2.84. The van der Waals surface area contributed by atoms with Crippen molar-refractivity contribution in [3.8, 4) is 0 Å². The fourth-order valence-corrected chi connectivity index (χ4v) is 3.44. The smallest absolute Gasteiger partial charge is 0.408 e. The number of carboxylic acid groups (broad SMARTS) is 1. The Balaban J connectivity index is 2.34. The molecule has 0 bridgehead atoms. The van der Waals surface area contributed by atoms with E-state index in [9.17, 15) is 14.3 Å². The number of carbonyl (C=O) groups is 1. The molecular weight excluding hydrogens is 277 g/mol. The number of halogens is 1. The van der Waals surface area contributed by atoms with Gasteiger partial charge in [0.15, 0.2) is 0 Å². The Hall–Kier alpha value is -1.23. The Morgan fingerprint density at radius 3 is 2.70 bits per heavy atom. The Labute approximate surface area is 123 Å². The molecule has 1 fully saturated rings. The van der Waals surface area contributed by atoms with Gasteiger partial charge in [-0.25, -0.2) is 9.18 Å². The van der Waals surface area contributed by atoms with Crippen LogP contribution in [0.25, 0.3) is 0 Å². The van der Waals surface area contributed by atoms with Gasteiger partial charge in [-0.15, -0.1) is 0 Å². The zero-order valence-corrected chi connectivity index (χ0v) is 12.8.